The molecule has 0 aromatic carbocycles. The van der Waals surface area contributed by atoms with Gasteiger partial charge >= 0.3 is 0 Å². The molecule has 0 aliphatic heterocycles. The van der Waals surface area contributed by atoms with Crippen molar-refractivity contribution in [2.75, 3.05) is 19.8 Å². The van der Waals surface area contributed by atoms with E-state index in [0.717, 1.165) is 6.42 Å². The normalized spacial score (nSPS) is 11.2. The summed E-state index contributed by atoms with van der Waals surface area (Å²) in [5, 5.41) is 42.2. The Morgan fingerprint density at radius 2 is 1.33 bits per heavy atom. The van der Waals surface area contributed by atoms with Crippen LogP contribution in [0.25, 0.3) is 0 Å². The van der Waals surface area contributed by atoms with Crippen LogP contribution in [0.5, 0.6) is 0 Å². The van der Waals surface area contributed by atoms with Gasteiger partial charge in [0.25, 0.3) is 0 Å². The second-order valence-electron chi connectivity index (χ2n) is 3.60. The smallest absolute Gasteiger partial charge is 0.151 e. The lowest BCUT2D eigenvalue weighted by molar-refractivity contribution is -0.0453. The lowest BCUT2D eigenvalue weighted by Crippen LogP contribution is -2.32. The Bertz CT molecular complexity index is 105. The van der Waals surface area contributed by atoms with Gasteiger partial charge in [-0.2, -0.15) is 0 Å². The van der Waals surface area contributed by atoms with Crippen molar-refractivity contribution in [1.82, 2.24) is 0 Å². The molecule has 0 unspecified atom stereocenters. The van der Waals surface area contributed by atoms with Crippen LogP contribution in [0.2, 0.25) is 0 Å². The van der Waals surface area contributed by atoms with E-state index < -0.39 is 11.7 Å². The van der Waals surface area contributed by atoms with Gasteiger partial charge in [0.1, 0.15) is 0 Å². The van der Waals surface area contributed by atoms with E-state index in [2.05, 4.69) is 0 Å². The number of hydrogen-bond acceptors (Lipinski definition) is 5. The third-order valence-corrected chi connectivity index (χ3v) is 2.30. The molecular weight excluding hydrogens is 200 g/mol. The molecule has 0 saturated carbocycles. The molecule has 0 atom stereocenters. The van der Waals surface area contributed by atoms with Crippen LogP contribution < -0.4 is 0 Å². The van der Waals surface area contributed by atoms with E-state index in [9.17, 15) is 0 Å². The van der Waals surface area contributed by atoms with Gasteiger partial charge in [0.05, 0.1) is 19.8 Å². The topological polar surface area (TPSA) is 101 Å². The first kappa shape index (κ1) is 17.2. The highest BCUT2D eigenvalue weighted by molar-refractivity contribution is 4.74. The fourth-order valence-electron chi connectivity index (χ4n) is 0.744. The molecule has 0 rings (SSSR count). The van der Waals surface area contributed by atoms with Gasteiger partial charge in [-0.1, -0.05) is 20.3 Å². The molecule has 0 aromatic rings. The van der Waals surface area contributed by atoms with Gasteiger partial charge in [-0.3, -0.25) is 0 Å². The minimum atomic E-state index is -1.10. The van der Waals surface area contributed by atoms with Crippen LogP contribution in [-0.2, 0) is 0 Å². The Morgan fingerprint density at radius 3 is 1.33 bits per heavy atom. The molecule has 0 saturated heterocycles. The summed E-state index contributed by atoms with van der Waals surface area (Å²) in [5.41, 5.74) is -0.667. The van der Waals surface area contributed by atoms with Crippen molar-refractivity contribution < 1.29 is 25.5 Å². The highest BCUT2D eigenvalue weighted by Gasteiger charge is 2.24. The third-order valence-electron chi connectivity index (χ3n) is 2.30. The fraction of sp³-hybridized carbons (Fsp3) is 1.00. The highest BCUT2D eigenvalue weighted by Crippen LogP contribution is 2.18. The minimum Gasteiger partial charge on any atom is -0.396 e. The molecule has 0 radical (unpaired) electrons. The molecule has 0 bridgehead atoms. The van der Waals surface area contributed by atoms with E-state index in [1.807, 2.05) is 13.8 Å². The molecule has 0 aromatic heterocycles. The van der Waals surface area contributed by atoms with Crippen LogP contribution in [0.3, 0.4) is 0 Å². The highest BCUT2D eigenvalue weighted by atomic mass is 16.5. The van der Waals surface area contributed by atoms with Crippen molar-refractivity contribution in [2.45, 2.75) is 39.4 Å². The van der Waals surface area contributed by atoms with E-state index in [4.69, 9.17) is 25.5 Å². The fourth-order valence-corrected chi connectivity index (χ4v) is 0.744. The third kappa shape index (κ3) is 8.77. The molecule has 0 aliphatic rings. The Labute approximate surface area is 91.0 Å². The minimum absolute atomic E-state index is 0.156. The summed E-state index contributed by atoms with van der Waals surface area (Å²) in [5.74, 6) is 0. The zero-order valence-electron chi connectivity index (χ0n) is 9.56. The van der Waals surface area contributed by atoms with Crippen molar-refractivity contribution in [3.05, 3.63) is 0 Å². The zero-order valence-corrected chi connectivity index (χ0v) is 9.56. The van der Waals surface area contributed by atoms with Gasteiger partial charge in [0, 0.05) is 5.41 Å². The first-order chi connectivity index (χ1) is 7.01. The van der Waals surface area contributed by atoms with Crippen LogP contribution >= 0.6 is 0 Å². The van der Waals surface area contributed by atoms with Crippen molar-refractivity contribution in [1.29, 1.82) is 0 Å². The predicted molar refractivity (Wildman–Crippen MR) is 57.1 cm³/mol. The maximum absolute atomic E-state index is 8.66. The zero-order chi connectivity index (χ0) is 12.3. The maximum atomic E-state index is 8.66. The predicted octanol–water partition coefficient (Wildman–Crippen LogP) is -0.543. The monoisotopic (exact) mass is 224 g/mol. The van der Waals surface area contributed by atoms with Gasteiger partial charge in [-0.25, -0.2) is 0 Å². The summed E-state index contributed by atoms with van der Waals surface area (Å²) >= 11 is 0. The van der Waals surface area contributed by atoms with E-state index in [0.29, 0.717) is 12.8 Å². The molecule has 5 heteroatoms. The van der Waals surface area contributed by atoms with Gasteiger partial charge in [0.2, 0.25) is 0 Å². The Balaban J connectivity index is 0. The SMILES string of the molecule is CCC(CO)(CO)CO.CCCC(O)O. The van der Waals surface area contributed by atoms with Gasteiger partial charge in [-0.15, -0.1) is 0 Å². The molecule has 5 nitrogen and oxygen atoms in total. The van der Waals surface area contributed by atoms with Crippen molar-refractivity contribution >= 4 is 0 Å². The van der Waals surface area contributed by atoms with E-state index in [-0.39, 0.29) is 19.8 Å². The van der Waals surface area contributed by atoms with Gasteiger partial charge < -0.3 is 25.5 Å². The summed E-state index contributed by atoms with van der Waals surface area (Å²) in [6.07, 6.45) is 0.809. The van der Waals surface area contributed by atoms with Crippen molar-refractivity contribution in [2.24, 2.45) is 5.41 Å². The lowest BCUT2D eigenvalue weighted by atomic mass is 9.88. The number of hydrogen-bond donors (Lipinski definition) is 5. The number of aliphatic hydroxyl groups excluding tert-OH is 4. The summed E-state index contributed by atoms with van der Waals surface area (Å²) in [6, 6.07) is 0. The van der Waals surface area contributed by atoms with Gasteiger partial charge in [-0.05, 0) is 12.8 Å². The average Bonchev–Trinajstić information content (AvgIpc) is 2.23. The van der Waals surface area contributed by atoms with E-state index >= 15 is 0 Å². The largest absolute Gasteiger partial charge is 0.396 e. The molecule has 0 spiro atoms. The van der Waals surface area contributed by atoms with Crippen LogP contribution in [0.15, 0.2) is 0 Å². The Morgan fingerprint density at radius 1 is 0.933 bits per heavy atom. The van der Waals surface area contributed by atoms with Crippen molar-refractivity contribution in [3.8, 4) is 0 Å². The van der Waals surface area contributed by atoms with E-state index in [1.54, 1.807) is 0 Å². The maximum Gasteiger partial charge on any atom is 0.151 e. The van der Waals surface area contributed by atoms with Crippen LogP contribution in [0.4, 0.5) is 0 Å². The molecule has 0 aliphatic carbocycles. The molecule has 5 N–H and O–H groups in total. The summed E-state index contributed by atoms with van der Waals surface area (Å²) < 4.78 is 0. The quantitative estimate of drug-likeness (QED) is 0.390. The number of rotatable bonds is 6. The van der Waals surface area contributed by atoms with Gasteiger partial charge in [0.15, 0.2) is 6.29 Å². The molecule has 94 valence electrons. The molecule has 0 amide bonds. The summed E-state index contributed by atoms with van der Waals surface area (Å²) in [6.45, 7) is 3.26. The summed E-state index contributed by atoms with van der Waals surface area (Å²) in [4.78, 5) is 0. The second kappa shape index (κ2) is 10.3. The standard InChI is InChI=1S/C6H14O3.C4H10O2/c1-2-6(3-7,4-8)5-9;1-2-3-4(5)6/h7-9H,2-5H2,1H3;4-6H,2-3H2,1H3. The Kier molecular flexibility index (Phi) is 11.8. The molecule has 15 heavy (non-hydrogen) atoms. The first-order valence-corrected chi connectivity index (χ1v) is 5.20. The van der Waals surface area contributed by atoms with Crippen molar-refractivity contribution in [3.63, 3.8) is 0 Å². The Hall–Kier alpha value is -0.200. The lowest BCUT2D eigenvalue weighted by Gasteiger charge is -2.24. The number of aliphatic hydroxyl groups is 5. The van der Waals surface area contributed by atoms with Crippen LogP contribution in [0, 0.1) is 5.41 Å². The van der Waals surface area contributed by atoms with Crippen LogP contribution in [-0.4, -0.2) is 51.6 Å². The van der Waals surface area contributed by atoms with E-state index in [1.165, 1.54) is 0 Å². The molecule has 0 fully saturated rings. The average molecular weight is 224 g/mol. The summed E-state index contributed by atoms with van der Waals surface area (Å²) in [7, 11) is 0. The molecular formula is C10H24O5. The molecule has 0 heterocycles. The second-order valence-corrected chi connectivity index (χ2v) is 3.60. The van der Waals surface area contributed by atoms with Crippen LogP contribution in [0.1, 0.15) is 33.1 Å². The first-order valence-electron chi connectivity index (χ1n) is 5.20.